The third kappa shape index (κ3) is 0.857. The van der Waals surface area contributed by atoms with Crippen LogP contribution in [0, 0.1) is 5.92 Å². The molecule has 0 aliphatic heterocycles. The molecule has 0 aromatic rings. The molecule has 1 rings (SSSR count). The van der Waals surface area contributed by atoms with Gasteiger partial charge in [0.05, 0.1) is 0 Å². The van der Waals surface area contributed by atoms with Gasteiger partial charge in [-0.05, 0) is 0 Å². The molecule has 0 aromatic carbocycles. The Balaban J connectivity index is 2.67. The van der Waals surface area contributed by atoms with E-state index in [1.54, 1.807) is 0 Å². The van der Waals surface area contributed by atoms with Crippen LogP contribution in [-0.4, -0.2) is 16.7 Å². The molecule has 4 heteroatoms. The number of allylic oxidation sites excluding steroid dienone is 1. The Hall–Kier alpha value is 0.180. The maximum Gasteiger partial charge on any atom is 0.281 e. The lowest BCUT2D eigenvalue weighted by molar-refractivity contribution is -0.0843. The Morgan fingerprint density at radius 3 is 1.90 bits per heavy atom. The zero-order valence-electron chi connectivity index (χ0n) is 5.03. The van der Waals surface area contributed by atoms with E-state index in [1.165, 1.54) is 6.08 Å². The highest BCUT2D eigenvalue weighted by Crippen LogP contribution is 2.50. The average Bonchev–Trinajstić information content (AvgIpc) is 1.89. The van der Waals surface area contributed by atoms with Crippen molar-refractivity contribution in [2.24, 2.45) is 5.92 Å². The summed E-state index contributed by atoms with van der Waals surface area (Å²) in [5, 5.41) is -2.35. The predicted molar refractivity (Wildman–Crippen MR) is 37.9 cm³/mol. The number of alkyl halides is 4. The second-order valence-electron chi connectivity index (χ2n) is 2.29. The summed E-state index contributed by atoms with van der Waals surface area (Å²) in [7, 11) is 0. The van der Waals surface area contributed by atoms with Gasteiger partial charge in [-0.15, -0.1) is 29.8 Å². The molecular formula is C6H6Cl2F2. The molecule has 1 saturated carbocycles. The Morgan fingerprint density at radius 2 is 1.70 bits per heavy atom. The quantitative estimate of drug-likeness (QED) is 0.437. The highest BCUT2D eigenvalue weighted by atomic mass is 35.5. The fourth-order valence-electron chi connectivity index (χ4n) is 0.934. The fraction of sp³-hybridized carbons (Fsp3) is 0.667. The van der Waals surface area contributed by atoms with Crippen molar-refractivity contribution < 1.29 is 8.78 Å². The fourth-order valence-corrected chi connectivity index (χ4v) is 1.84. The maximum absolute atomic E-state index is 12.5. The van der Waals surface area contributed by atoms with E-state index in [2.05, 4.69) is 6.58 Å². The summed E-state index contributed by atoms with van der Waals surface area (Å²) in [5.41, 5.74) is 0. The Labute approximate surface area is 67.8 Å². The normalized spacial score (nSPS) is 44.2. The van der Waals surface area contributed by atoms with Crippen molar-refractivity contribution in [1.82, 2.24) is 0 Å². The van der Waals surface area contributed by atoms with Gasteiger partial charge in [0.2, 0.25) is 0 Å². The monoisotopic (exact) mass is 186 g/mol. The smallest absolute Gasteiger partial charge is 0.203 e. The molecule has 1 aliphatic rings. The first-order valence-corrected chi connectivity index (χ1v) is 3.67. The molecule has 0 saturated heterocycles. The second kappa shape index (κ2) is 2.35. The molecule has 2 atom stereocenters. The first-order valence-electron chi connectivity index (χ1n) is 2.80. The van der Waals surface area contributed by atoms with Gasteiger partial charge in [-0.2, -0.15) is 0 Å². The molecule has 1 aliphatic carbocycles. The van der Waals surface area contributed by atoms with Crippen molar-refractivity contribution in [2.75, 3.05) is 0 Å². The molecule has 0 nitrogen and oxygen atoms in total. The Kier molecular flexibility index (Phi) is 1.94. The van der Waals surface area contributed by atoms with E-state index in [9.17, 15) is 8.78 Å². The first-order chi connectivity index (χ1) is 4.51. The van der Waals surface area contributed by atoms with Gasteiger partial charge in [0.25, 0.3) is 5.92 Å². The minimum absolute atomic E-state index is 0.460. The van der Waals surface area contributed by atoms with Crippen molar-refractivity contribution in [3.8, 4) is 0 Å². The standard InChI is InChI=1S/C6H6Cl2F2/c1-2-3-4(7)6(9,10)5(3)8/h2-5H,1H2. The van der Waals surface area contributed by atoms with Crippen LogP contribution in [0.3, 0.4) is 0 Å². The van der Waals surface area contributed by atoms with Gasteiger partial charge < -0.3 is 0 Å². The van der Waals surface area contributed by atoms with E-state index in [0.717, 1.165) is 0 Å². The van der Waals surface area contributed by atoms with Crippen LogP contribution in [-0.2, 0) is 0 Å². The minimum Gasteiger partial charge on any atom is -0.203 e. The molecule has 0 spiro atoms. The summed E-state index contributed by atoms with van der Waals surface area (Å²) in [6, 6.07) is 0. The first kappa shape index (κ1) is 8.28. The van der Waals surface area contributed by atoms with Crippen LogP contribution in [0.4, 0.5) is 8.78 Å². The van der Waals surface area contributed by atoms with Gasteiger partial charge in [0.1, 0.15) is 10.8 Å². The highest BCUT2D eigenvalue weighted by Gasteiger charge is 2.62. The Morgan fingerprint density at radius 1 is 1.30 bits per heavy atom. The topological polar surface area (TPSA) is 0 Å². The molecular weight excluding hydrogens is 181 g/mol. The third-order valence-corrected chi connectivity index (χ3v) is 2.85. The van der Waals surface area contributed by atoms with E-state index in [-0.39, 0.29) is 0 Å². The van der Waals surface area contributed by atoms with Gasteiger partial charge in [-0.1, -0.05) is 6.08 Å². The van der Waals surface area contributed by atoms with Gasteiger partial charge in [-0.3, -0.25) is 0 Å². The molecule has 0 bridgehead atoms. The molecule has 0 radical (unpaired) electrons. The highest BCUT2D eigenvalue weighted by molar-refractivity contribution is 6.28. The summed E-state index contributed by atoms with van der Waals surface area (Å²) in [6.07, 6.45) is 1.37. The van der Waals surface area contributed by atoms with Gasteiger partial charge >= 0.3 is 0 Å². The molecule has 0 N–H and O–H groups in total. The van der Waals surface area contributed by atoms with Crippen molar-refractivity contribution >= 4 is 23.2 Å². The number of hydrogen-bond donors (Lipinski definition) is 0. The third-order valence-electron chi connectivity index (χ3n) is 1.68. The van der Waals surface area contributed by atoms with Crippen LogP contribution < -0.4 is 0 Å². The van der Waals surface area contributed by atoms with Gasteiger partial charge in [0.15, 0.2) is 0 Å². The van der Waals surface area contributed by atoms with E-state index >= 15 is 0 Å². The summed E-state index contributed by atoms with van der Waals surface area (Å²) in [6.45, 7) is 3.35. The molecule has 10 heavy (non-hydrogen) atoms. The number of halogens is 4. The molecule has 0 aromatic heterocycles. The van der Waals surface area contributed by atoms with Crippen LogP contribution in [0.1, 0.15) is 0 Å². The lowest BCUT2D eigenvalue weighted by atomic mass is 9.80. The Bertz CT molecular complexity index is 146. The van der Waals surface area contributed by atoms with Gasteiger partial charge in [0, 0.05) is 5.92 Å². The van der Waals surface area contributed by atoms with Crippen LogP contribution in [0.2, 0.25) is 0 Å². The zero-order chi connectivity index (χ0) is 7.94. The summed E-state index contributed by atoms with van der Waals surface area (Å²) in [4.78, 5) is 0. The largest absolute Gasteiger partial charge is 0.281 e. The van der Waals surface area contributed by atoms with Crippen molar-refractivity contribution in [1.29, 1.82) is 0 Å². The van der Waals surface area contributed by atoms with E-state index in [0.29, 0.717) is 0 Å². The van der Waals surface area contributed by atoms with Crippen molar-refractivity contribution in [2.45, 2.75) is 16.7 Å². The summed E-state index contributed by atoms with van der Waals surface area (Å²) < 4.78 is 24.9. The number of rotatable bonds is 1. The maximum atomic E-state index is 12.5. The van der Waals surface area contributed by atoms with Crippen LogP contribution >= 0.6 is 23.2 Å². The lowest BCUT2D eigenvalue weighted by Crippen LogP contribution is -2.58. The number of hydrogen-bond acceptors (Lipinski definition) is 0. The molecule has 2 unspecified atom stereocenters. The predicted octanol–water partition coefficient (Wildman–Crippen LogP) is 2.65. The molecule has 1 fully saturated rings. The lowest BCUT2D eigenvalue weighted by Gasteiger charge is -2.43. The van der Waals surface area contributed by atoms with E-state index in [1.807, 2.05) is 0 Å². The van der Waals surface area contributed by atoms with Crippen molar-refractivity contribution in [3.05, 3.63) is 12.7 Å². The second-order valence-corrected chi connectivity index (χ2v) is 3.23. The van der Waals surface area contributed by atoms with Crippen molar-refractivity contribution in [3.63, 3.8) is 0 Å². The molecule has 0 heterocycles. The van der Waals surface area contributed by atoms with Gasteiger partial charge in [-0.25, -0.2) is 8.78 Å². The van der Waals surface area contributed by atoms with Crippen LogP contribution in [0.25, 0.3) is 0 Å². The summed E-state index contributed by atoms with van der Waals surface area (Å²) in [5.74, 6) is -3.39. The summed E-state index contributed by atoms with van der Waals surface area (Å²) >= 11 is 10.6. The minimum atomic E-state index is -2.93. The molecule has 58 valence electrons. The average molecular weight is 187 g/mol. The van der Waals surface area contributed by atoms with Crippen LogP contribution in [0.5, 0.6) is 0 Å². The van der Waals surface area contributed by atoms with E-state index in [4.69, 9.17) is 23.2 Å². The SMILES string of the molecule is C=CC1C(Cl)C(F)(F)C1Cl. The van der Waals surface area contributed by atoms with E-state index < -0.39 is 22.6 Å². The molecule has 0 amide bonds. The zero-order valence-corrected chi connectivity index (χ0v) is 6.54. The van der Waals surface area contributed by atoms with Crippen LogP contribution in [0.15, 0.2) is 12.7 Å².